The van der Waals surface area contributed by atoms with E-state index in [9.17, 15) is 9.59 Å². The number of nitrogens with one attached hydrogen (secondary N) is 1. The molecule has 0 atom stereocenters. The minimum absolute atomic E-state index is 0.0867. The molecular formula is C23H24N4O4S. The molecule has 0 radical (unpaired) electrons. The van der Waals surface area contributed by atoms with Gasteiger partial charge in [0.05, 0.1) is 24.1 Å². The van der Waals surface area contributed by atoms with Gasteiger partial charge in [-0.3, -0.25) is 9.36 Å². The highest BCUT2D eigenvalue weighted by Crippen LogP contribution is 2.22. The van der Waals surface area contributed by atoms with Gasteiger partial charge in [0.2, 0.25) is 5.91 Å². The van der Waals surface area contributed by atoms with E-state index in [0.29, 0.717) is 28.8 Å². The molecule has 166 valence electrons. The zero-order chi connectivity index (χ0) is 22.9. The van der Waals surface area contributed by atoms with E-state index in [1.807, 2.05) is 35.8 Å². The van der Waals surface area contributed by atoms with Gasteiger partial charge in [-0.15, -0.1) is 16.8 Å². The van der Waals surface area contributed by atoms with Crippen molar-refractivity contribution in [1.29, 1.82) is 0 Å². The monoisotopic (exact) mass is 452 g/mol. The Labute approximate surface area is 190 Å². The lowest BCUT2D eigenvalue weighted by Crippen LogP contribution is -2.17. The average Bonchev–Trinajstić information content (AvgIpc) is 3.18. The topological polar surface area (TPSA) is 95.3 Å². The third-order valence-corrected chi connectivity index (χ3v) is 5.46. The number of esters is 1. The number of carbonyl (C=O) groups excluding carboxylic acids is 2. The highest BCUT2D eigenvalue weighted by Gasteiger charge is 2.16. The number of carbonyl (C=O) groups is 2. The molecule has 0 saturated carbocycles. The lowest BCUT2D eigenvalue weighted by atomic mass is 10.2. The third-order valence-electron chi connectivity index (χ3n) is 4.49. The molecular weight excluding hydrogens is 428 g/mol. The molecule has 0 unspecified atom stereocenters. The number of rotatable bonds is 10. The van der Waals surface area contributed by atoms with Crippen LogP contribution in [0.25, 0.3) is 0 Å². The Hall–Kier alpha value is -3.59. The quantitative estimate of drug-likeness (QED) is 0.283. The number of anilines is 1. The molecule has 1 amide bonds. The van der Waals surface area contributed by atoms with Gasteiger partial charge in [-0.25, -0.2) is 4.79 Å². The lowest BCUT2D eigenvalue weighted by molar-refractivity contribution is -0.113. The van der Waals surface area contributed by atoms with E-state index >= 15 is 0 Å². The first-order valence-electron chi connectivity index (χ1n) is 9.85. The summed E-state index contributed by atoms with van der Waals surface area (Å²) in [5, 5.41) is 11.7. The van der Waals surface area contributed by atoms with Crippen molar-refractivity contribution in [1.82, 2.24) is 14.8 Å². The molecule has 1 N–H and O–H groups in total. The number of aryl methyl sites for hydroxylation is 1. The molecule has 0 aliphatic carbocycles. The van der Waals surface area contributed by atoms with E-state index in [-0.39, 0.29) is 18.3 Å². The number of methoxy groups -OCH3 is 1. The van der Waals surface area contributed by atoms with Crippen molar-refractivity contribution >= 4 is 29.3 Å². The predicted molar refractivity (Wildman–Crippen MR) is 123 cm³/mol. The fraction of sp³-hybridized carbons (Fsp3) is 0.217. The predicted octanol–water partition coefficient (Wildman–Crippen LogP) is 3.87. The summed E-state index contributed by atoms with van der Waals surface area (Å²) in [7, 11) is 1.30. The van der Waals surface area contributed by atoms with E-state index in [1.54, 1.807) is 30.3 Å². The molecule has 0 bridgehead atoms. The summed E-state index contributed by atoms with van der Waals surface area (Å²) >= 11 is 1.24. The van der Waals surface area contributed by atoms with Gasteiger partial charge in [-0.1, -0.05) is 48.2 Å². The van der Waals surface area contributed by atoms with Crippen LogP contribution in [0.2, 0.25) is 0 Å². The van der Waals surface area contributed by atoms with Gasteiger partial charge in [-0.2, -0.15) is 0 Å². The Kier molecular flexibility index (Phi) is 8.04. The van der Waals surface area contributed by atoms with Crippen LogP contribution >= 0.6 is 11.8 Å². The van der Waals surface area contributed by atoms with E-state index in [0.717, 1.165) is 11.3 Å². The van der Waals surface area contributed by atoms with Gasteiger partial charge in [0.1, 0.15) is 12.4 Å². The Morgan fingerprint density at radius 3 is 2.66 bits per heavy atom. The number of hydrogen-bond acceptors (Lipinski definition) is 7. The summed E-state index contributed by atoms with van der Waals surface area (Å²) in [6.45, 7) is 6.48. The van der Waals surface area contributed by atoms with Crippen LogP contribution in [-0.4, -0.2) is 39.5 Å². The number of benzene rings is 2. The maximum absolute atomic E-state index is 12.5. The van der Waals surface area contributed by atoms with Gasteiger partial charge in [0, 0.05) is 6.54 Å². The normalized spacial score (nSPS) is 10.4. The van der Waals surface area contributed by atoms with Gasteiger partial charge in [0.15, 0.2) is 11.0 Å². The molecule has 3 rings (SSSR count). The smallest absolute Gasteiger partial charge is 0.339 e. The van der Waals surface area contributed by atoms with Crippen LogP contribution < -0.4 is 10.1 Å². The highest BCUT2D eigenvalue weighted by atomic mass is 32.2. The number of allylic oxidation sites excluding steroid dienone is 1. The van der Waals surface area contributed by atoms with Crippen LogP contribution in [0.1, 0.15) is 21.7 Å². The van der Waals surface area contributed by atoms with Crippen LogP contribution in [0.15, 0.2) is 66.3 Å². The highest BCUT2D eigenvalue weighted by molar-refractivity contribution is 7.99. The largest absolute Gasteiger partial charge is 0.485 e. The zero-order valence-corrected chi connectivity index (χ0v) is 18.7. The minimum atomic E-state index is -0.516. The molecule has 0 saturated heterocycles. The first-order chi connectivity index (χ1) is 15.5. The molecule has 3 aromatic rings. The van der Waals surface area contributed by atoms with Crippen molar-refractivity contribution in [2.75, 3.05) is 18.2 Å². The number of ether oxygens (including phenoxy) is 2. The van der Waals surface area contributed by atoms with Crippen molar-refractivity contribution in [3.05, 3.63) is 78.1 Å². The number of thioether (sulfide) groups is 1. The van der Waals surface area contributed by atoms with Gasteiger partial charge in [0.25, 0.3) is 0 Å². The molecule has 1 aromatic heterocycles. The van der Waals surface area contributed by atoms with Crippen LogP contribution in [-0.2, 0) is 22.7 Å². The lowest BCUT2D eigenvalue weighted by Gasteiger charge is -2.11. The van der Waals surface area contributed by atoms with Crippen LogP contribution in [0, 0.1) is 6.92 Å². The summed E-state index contributed by atoms with van der Waals surface area (Å²) in [6, 6.07) is 14.4. The van der Waals surface area contributed by atoms with Crippen molar-refractivity contribution in [2.45, 2.75) is 25.2 Å². The van der Waals surface area contributed by atoms with Gasteiger partial charge in [-0.05, 0) is 30.7 Å². The first kappa shape index (κ1) is 23.1. The fourth-order valence-corrected chi connectivity index (χ4v) is 3.67. The molecule has 0 fully saturated rings. The molecule has 0 aliphatic rings. The van der Waals surface area contributed by atoms with Crippen molar-refractivity contribution in [2.24, 2.45) is 0 Å². The Bertz CT molecular complexity index is 1110. The van der Waals surface area contributed by atoms with Gasteiger partial charge >= 0.3 is 5.97 Å². The maximum Gasteiger partial charge on any atom is 0.339 e. The molecule has 0 spiro atoms. The van der Waals surface area contributed by atoms with Crippen LogP contribution in [0.5, 0.6) is 5.75 Å². The molecule has 2 aromatic carbocycles. The van der Waals surface area contributed by atoms with E-state index in [1.165, 1.54) is 18.9 Å². The summed E-state index contributed by atoms with van der Waals surface area (Å²) in [5.74, 6) is 0.698. The number of amides is 1. The maximum atomic E-state index is 12.5. The fourth-order valence-electron chi connectivity index (χ4n) is 2.90. The van der Waals surface area contributed by atoms with E-state index < -0.39 is 5.97 Å². The SMILES string of the molecule is C=CCn1c(COc2ccccc2C)nnc1SCC(=O)Nc1ccccc1C(=O)OC. The number of aromatic nitrogens is 3. The van der Waals surface area contributed by atoms with Crippen LogP contribution in [0.4, 0.5) is 5.69 Å². The summed E-state index contributed by atoms with van der Waals surface area (Å²) in [6.07, 6.45) is 1.73. The molecule has 1 heterocycles. The third kappa shape index (κ3) is 5.76. The van der Waals surface area contributed by atoms with E-state index in [4.69, 9.17) is 9.47 Å². The number of nitrogens with zero attached hydrogens (tertiary/aromatic N) is 3. The summed E-state index contributed by atoms with van der Waals surface area (Å²) in [5.41, 5.74) is 1.71. The Morgan fingerprint density at radius 2 is 1.91 bits per heavy atom. The molecule has 32 heavy (non-hydrogen) atoms. The number of hydrogen-bond donors (Lipinski definition) is 1. The minimum Gasteiger partial charge on any atom is -0.485 e. The second kappa shape index (κ2) is 11.1. The molecule has 8 nitrogen and oxygen atoms in total. The second-order valence-electron chi connectivity index (χ2n) is 6.73. The van der Waals surface area contributed by atoms with E-state index in [2.05, 4.69) is 22.1 Å². The number of para-hydroxylation sites is 2. The average molecular weight is 453 g/mol. The van der Waals surface area contributed by atoms with Crippen molar-refractivity contribution in [3.8, 4) is 5.75 Å². The second-order valence-corrected chi connectivity index (χ2v) is 7.67. The Balaban J connectivity index is 1.65. The first-order valence-corrected chi connectivity index (χ1v) is 10.8. The zero-order valence-electron chi connectivity index (χ0n) is 17.9. The van der Waals surface area contributed by atoms with Gasteiger partial charge < -0.3 is 14.8 Å². The standard InChI is InChI=1S/C23H24N4O4S/c1-4-13-27-20(14-31-19-12-8-5-9-16(19)2)25-26-23(27)32-15-21(28)24-18-11-7-6-10-17(18)22(29)30-3/h4-12H,1,13-15H2,2-3H3,(H,24,28). The molecule has 9 heteroatoms. The molecule has 0 aliphatic heterocycles. The van der Waals surface area contributed by atoms with Crippen molar-refractivity contribution in [3.63, 3.8) is 0 Å². The summed E-state index contributed by atoms with van der Waals surface area (Å²) < 4.78 is 12.5. The van der Waals surface area contributed by atoms with Crippen LogP contribution in [0.3, 0.4) is 0 Å². The van der Waals surface area contributed by atoms with Crippen molar-refractivity contribution < 1.29 is 19.1 Å². The summed E-state index contributed by atoms with van der Waals surface area (Å²) in [4.78, 5) is 24.4. The Morgan fingerprint density at radius 1 is 1.16 bits per heavy atom.